The Kier molecular flexibility index (Phi) is 3.64. The quantitative estimate of drug-likeness (QED) is 0.544. The van der Waals surface area contributed by atoms with Gasteiger partial charge in [0.2, 0.25) is 0 Å². The molecular weight excluding hydrogens is 192 g/mol. The summed E-state index contributed by atoms with van der Waals surface area (Å²) in [5.41, 5.74) is 0.568. The third kappa shape index (κ3) is 3.38. The molecule has 4 nitrogen and oxygen atoms in total. The molecule has 1 aromatic rings. The molecule has 0 radical (unpaired) electrons. The highest BCUT2D eigenvalue weighted by atomic mass is 35.5. The van der Waals surface area contributed by atoms with Crippen LogP contribution in [0.5, 0.6) is 0 Å². The normalized spacial score (nSPS) is 9.69. The highest BCUT2D eigenvalue weighted by Gasteiger charge is 2.05. The van der Waals surface area contributed by atoms with Gasteiger partial charge in [-0.25, -0.2) is 9.97 Å². The molecule has 0 aromatic carbocycles. The van der Waals surface area contributed by atoms with Gasteiger partial charge in [0.15, 0.2) is 0 Å². The average Bonchev–Trinajstić information content (AvgIpc) is 2.04. The molecule has 0 fully saturated rings. The Morgan fingerprint density at radius 1 is 1.62 bits per heavy atom. The maximum absolute atomic E-state index is 11.0. The van der Waals surface area contributed by atoms with Crippen molar-refractivity contribution >= 4 is 17.6 Å². The summed E-state index contributed by atoms with van der Waals surface area (Å²) in [6.45, 7) is 2.13. The third-order valence-electron chi connectivity index (χ3n) is 1.32. The Bertz CT molecular complexity index is 304. The Balaban J connectivity index is 2.58. The lowest BCUT2D eigenvalue weighted by Gasteiger charge is -2.00. The van der Waals surface area contributed by atoms with E-state index in [0.29, 0.717) is 17.5 Å². The van der Waals surface area contributed by atoms with Crippen LogP contribution in [0.15, 0.2) is 12.4 Å². The van der Waals surface area contributed by atoms with E-state index in [1.54, 1.807) is 13.0 Å². The van der Waals surface area contributed by atoms with Crippen molar-refractivity contribution in [2.45, 2.75) is 13.3 Å². The molecule has 0 bridgehead atoms. The lowest BCUT2D eigenvalue weighted by molar-refractivity contribution is -0.142. The van der Waals surface area contributed by atoms with Crippen LogP contribution in [-0.2, 0) is 16.0 Å². The predicted molar refractivity (Wildman–Crippen MR) is 47.4 cm³/mol. The summed E-state index contributed by atoms with van der Waals surface area (Å²) in [6, 6.07) is 1.54. The van der Waals surface area contributed by atoms with Crippen molar-refractivity contribution in [2.24, 2.45) is 0 Å². The molecule has 0 spiro atoms. The molecule has 0 amide bonds. The average molecular weight is 201 g/mol. The first-order valence-electron chi connectivity index (χ1n) is 3.84. The number of halogens is 1. The molecule has 1 aromatic heterocycles. The summed E-state index contributed by atoms with van der Waals surface area (Å²) in [7, 11) is 0. The molecule has 13 heavy (non-hydrogen) atoms. The summed E-state index contributed by atoms with van der Waals surface area (Å²) in [4.78, 5) is 18.6. The second-order valence-corrected chi connectivity index (χ2v) is 2.70. The fourth-order valence-corrected chi connectivity index (χ4v) is 0.996. The van der Waals surface area contributed by atoms with E-state index in [0.717, 1.165) is 0 Å². The zero-order valence-electron chi connectivity index (χ0n) is 7.16. The number of carbonyl (C=O) groups excluding carboxylic acids is 1. The molecule has 1 rings (SSSR count). The molecule has 70 valence electrons. The monoisotopic (exact) mass is 200 g/mol. The number of hydrogen-bond acceptors (Lipinski definition) is 4. The van der Waals surface area contributed by atoms with Crippen LogP contribution in [0, 0.1) is 0 Å². The molecule has 0 aliphatic carbocycles. The first-order chi connectivity index (χ1) is 6.22. The molecule has 0 unspecified atom stereocenters. The van der Waals surface area contributed by atoms with E-state index < -0.39 is 0 Å². The highest BCUT2D eigenvalue weighted by molar-refractivity contribution is 6.29. The Morgan fingerprint density at radius 2 is 2.38 bits per heavy atom. The number of rotatable bonds is 3. The predicted octanol–water partition coefficient (Wildman–Crippen LogP) is 1.24. The summed E-state index contributed by atoms with van der Waals surface area (Å²) in [5, 5.41) is 0.328. The fraction of sp³-hybridized carbons (Fsp3) is 0.375. The molecule has 1 heterocycles. The van der Waals surface area contributed by atoms with E-state index in [4.69, 9.17) is 16.3 Å². The third-order valence-corrected chi connectivity index (χ3v) is 1.53. The minimum atomic E-state index is -0.308. The number of hydrogen-bond donors (Lipinski definition) is 0. The van der Waals surface area contributed by atoms with Crippen LogP contribution in [0.4, 0.5) is 0 Å². The van der Waals surface area contributed by atoms with Crippen LogP contribution >= 0.6 is 11.6 Å². The maximum Gasteiger partial charge on any atom is 0.311 e. The molecule has 0 saturated carbocycles. The largest absolute Gasteiger partial charge is 0.466 e. The van der Waals surface area contributed by atoms with E-state index in [-0.39, 0.29) is 12.4 Å². The molecule has 0 atom stereocenters. The first kappa shape index (κ1) is 9.92. The van der Waals surface area contributed by atoms with Crippen LogP contribution in [-0.4, -0.2) is 22.5 Å². The van der Waals surface area contributed by atoms with E-state index in [1.807, 2.05) is 0 Å². The topological polar surface area (TPSA) is 52.1 Å². The lowest BCUT2D eigenvalue weighted by atomic mass is 10.3. The number of ether oxygens (including phenoxy) is 1. The van der Waals surface area contributed by atoms with Gasteiger partial charge in [-0.2, -0.15) is 0 Å². The summed E-state index contributed by atoms with van der Waals surface area (Å²) >= 11 is 5.60. The standard InChI is InChI=1S/C8H9ClN2O2/c1-2-13-8(12)4-6-3-7(9)11-5-10-6/h3,5H,2,4H2,1H3. The van der Waals surface area contributed by atoms with Gasteiger partial charge >= 0.3 is 5.97 Å². The summed E-state index contributed by atoms with van der Waals surface area (Å²) in [6.07, 6.45) is 1.45. The van der Waals surface area contributed by atoms with Crippen molar-refractivity contribution in [3.8, 4) is 0 Å². The lowest BCUT2D eigenvalue weighted by Crippen LogP contribution is -2.08. The highest BCUT2D eigenvalue weighted by Crippen LogP contribution is 2.04. The van der Waals surface area contributed by atoms with Crippen molar-refractivity contribution in [1.82, 2.24) is 9.97 Å². The van der Waals surface area contributed by atoms with Gasteiger partial charge in [-0.05, 0) is 13.0 Å². The van der Waals surface area contributed by atoms with Crippen molar-refractivity contribution in [2.75, 3.05) is 6.61 Å². The Labute approximate surface area is 80.9 Å². The Hall–Kier alpha value is -1.16. The summed E-state index contributed by atoms with van der Waals surface area (Å²) in [5.74, 6) is -0.308. The molecule has 0 aliphatic rings. The smallest absolute Gasteiger partial charge is 0.311 e. The van der Waals surface area contributed by atoms with Gasteiger partial charge in [-0.3, -0.25) is 4.79 Å². The SMILES string of the molecule is CCOC(=O)Cc1cc(Cl)ncn1. The van der Waals surface area contributed by atoms with Gasteiger partial charge in [-0.15, -0.1) is 0 Å². The van der Waals surface area contributed by atoms with Gasteiger partial charge < -0.3 is 4.74 Å². The zero-order valence-corrected chi connectivity index (χ0v) is 7.91. The van der Waals surface area contributed by atoms with Crippen molar-refractivity contribution in [1.29, 1.82) is 0 Å². The second-order valence-electron chi connectivity index (χ2n) is 2.31. The van der Waals surface area contributed by atoms with Gasteiger partial charge in [-0.1, -0.05) is 11.6 Å². The maximum atomic E-state index is 11.0. The number of esters is 1. The second kappa shape index (κ2) is 4.77. The first-order valence-corrected chi connectivity index (χ1v) is 4.22. The van der Waals surface area contributed by atoms with Gasteiger partial charge in [0.25, 0.3) is 0 Å². The van der Waals surface area contributed by atoms with E-state index >= 15 is 0 Å². The number of nitrogens with zero attached hydrogens (tertiary/aromatic N) is 2. The van der Waals surface area contributed by atoms with Crippen molar-refractivity contribution in [3.05, 3.63) is 23.2 Å². The van der Waals surface area contributed by atoms with E-state index in [9.17, 15) is 4.79 Å². The van der Waals surface area contributed by atoms with Gasteiger partial charge in [0, 0.05) is 0 Å². The minimum absolute atomic E-state index is 0.135. The Morgan fingerprint density at radius 3 is 3.00 bits per heavy atom. The van der Waals surface area contributed by atoms with Crippen molar-refractivity contribution < 1.29 is 9.53 Å². The fourth-order valence-electron chi connectivity index (χ4n) is 0.827. The van der Waals surface area contributed by atoms with Gasteiger partial charge in [0.05, 0.1) is 18.7 Å². The van der Waals surface area contributed by atoms with Crippen LogP contribution in [0.2, 0.25) is 5.15 Å². The van der Waals surface area contributed by atoms with Crippen LogP contribution in [0.1, 0.15) is 12.6 Å². The van der Waals surface area contributed by atoms with E-state index in [1.165, 1.54) is 6.33 Å². The van der Waals surface area contributed by atoms with Crippen LogP contribution < -0.4 is 0 Å². The van der Waals surface area contributed by atoms with Crippen molar-refractivity contribution in [3.63, 3.8) is 0 Å². The summed E-state index contributed by atoms with van der Waals surface area (Å²) < 4.78 is 4.74. The van der Waals surface area contributed by atoms with Crippen LogP contribution in [0.3, 0.4) is 0 Å². The molecule has 0 aliphatic heterocycles. The number of carbonyl (C=O) groups is 1. The molecule has 0 N–H and O–H groups in total. The molecule has 0 saturated heterocycles. The zero-order chi connectivity index (χ0) is 9.68. The molecular formula is C8H9ClN2O2. The van der Waals surface area contributed by atoms with Gasteiger partial charge in [0.1, 0.15) is 11.5 Å². The minimum Gasteiger partial charge on any atom is -0.466 e. The number of aromatic nitrogens is 2. The van der Waals surface area contributed by atoms with E-state index in [2.05, 4.69) is 9.97 Å². The molecule has 5 heteroatoms. The van der Waals surface area contributed by atoms with Crippen LogP contribution in [0.25, 0.3) is 0 Å².